The number of carbonyl (C=O) groups excluding carboxylic acids is 1. The molecule has 0 aliphatic carbocycles. The van der Waals surface area contributed by atoms with Crippen LogP contribution in [-0.2, 0) is 4.79 Å². The molecular formula is C13H16N4O. The van der Waals surface area contributed by atoms with E-state index in [9.17, 15) is 4.79 Å². The first-order chi connectivity index (χ1) is 8.83. The number of carbonyl (C=O) groups is 1. The average Bonchev–Trinajstić information content (AvgIpc) is 2.87. The number of rotatable bonds is 2. The Labute approximate surface area is 105 Å². The second-order valence-corrected chi connectivity index (χ2v) is 4.70. The number of fused-ring (bicyclic) bond motifs is 1. The topological polar surface area (TPSA) is 69.8 Å². The van der Waals surface area contributed by atoms with Crippen molar-refractivity contribution in [2.24, 2.45) is 5.92 Å². The lowest BCUT2D eigenvalue weighted by Crippen LogP contribution is -2.37. The van der Waals surface area contributed by atoms with E-state index in [4.69, 9.17) is 0 Å². The van der Waals surface area contributed by atoms with Gasteiger partial charge in [0.15, 0.2) is 0 Å². The molecule has 1 aliphatic rings. The van der Waals surface area contributed by atoms with E-state index in [1.807, 2.05) is 18.2 Å². The van der Waals surface area contributed by atoms with Crippen molar-refractivity contribution in [2.75, 3.05) is 18.4 Å². The highest BCUT2D eigenvalue weighted by Crippen LogP contribution is 2.18. The smallest absolute Gasteiger partial charge is 0.228 e. The number of nitrogens with one attached hydrogen (secondary N) is 3. The fraction of sp³-hybridized carbons (Fsp3) is 0.385. The van der Waals surface area contributed by atoms with Crippen molar-refractivity contribution in [3.05, 3.63) is 24.4 Å². The molecule has 1 fully saturated rings. The molecule has 5 heteroatoms. The first kappa shape index (κ1) is 11.2. The number of hydrogen-bond acceptors (Lipinski definition) is 3. The number of aromatic nitrogens is 2. The van der Waals surface area contributed by atoms with Crippen LogP contribution in [0.4, 0.5) is 5.69 Å². The summed E-state index contributed by atoms with van der Waals surface area (Å²) in [4.78, 5) is 12.1. The molecule has 5 nitrogen and oxygen atoms in total. The maximum Gasteiger partial charge on any atom is 0.228 e. The van der Waals surface area contributed by atoms with Crippen LogP contribution in [0.25, 0.3) is 10.9 Å². The molecule has 1 aromatic carbocycles. The highest BCUT2D eigenvalue weighted by atomic mass is 16.1. The predicted molar refractivity (Wildman–Crippen MR) is 70.3 cm³/mol. The second-order valence-electron chi connectivity index (χ2n) is 4.70. The van der Waals surface area contributed by atoms with Gasteiger partial charge in [0, 0.05) is 17.6 Å². The molecule has 0 saturated carbocycles. The van der Waals surface area contributed by atoms with E-state index in [1.165, 1.54) is 0 Å². The van der Waals surface area contributed by atoms with Crippen LogP contribution < -0.4 is 10.6 Å². The highest BCUT2D eigenvalue weighted by molar-refractivity contribution is 5.95. The van der Waals surface area contributed by atoms with Gasteiger partial charge in [-0.3, -0.25) is 9.89 Å². The van der Waals surface area contributed by atoms with Crippen LogP contribution in [0.3, 0.4) is 0 Å². The third kappa shape index (κ3) is 2.22. The molecule has 0 radical (unpaired) electrons. The van der Waals surface area contributed by atoms with Crippen LogP contribution in [-0.4, -0.2) is 29.2 Å². The van der Waals surface area contributed by atoms with E-state index < -0.39 is 0 Å². The third-order valence-corrected chi connectivity index (χ3v) is 3.38. The van der Waals surface area contributed by atoms with E-state index in [0.29, 0.717) is 0 Å². The summed E-state index contributed by atoms with van der Waals surface area (Å²) in [6.45, 7) is 1.80. The summed E-state index contributed by atoms with van der Waals surface area (Å²) in [5.41, 5.74) is 1.81. The van der Waals surface area contributed by atoms with Crippen molar-refractivity contribution in [1.29, 1.82) is 0 Å². The van der Waals surface area contributed by atoms with Crippen LogP contribution in [0.5, 0.6) is 0 Å². The molecular weight excluding hydrogens is 228 g/mol. The fourth-order valence-corrected chi connectivity index (χ4v) is 2.34. The van der Waals surface area contributed by atoms with Crippen LogP contribution in [0, 0.1) is 5.92 Å². The molecule has 2 aromatic rings. The van der Waals surface area contributed by atoms with E-state index in [1.54, 1.807) is 6.20 Å². The number of anilines is 1. The molecule has 1 aliphatic heterocycles. The van der Waals surface area contributed by atoms with E-state index in [-0.39, 0.29) is 11.8 Å². The van der Waals surface area contributed by atoms with Crippen molar-refractivity contribution in [1.82, 2.24) is 15.5 Å². The van der Waals surface area contributed by atoms with Gasteiger partial charge < -0.3 is 10.6 Å². The Balaban J connectivity index is 1.72. The molecule has 1 saturated heterocycles. The zero-order valence-corrected chi connectivity index (χ0v) is 10.1. The van der Waals surface area contributed by atoms with Crippen LogP contribution >= 0.6 is 0 Å². The van der Waals surface area contributed by atoms with E-state index >= 15 is 0 Å². The number of H-pyrrole nitrogens is 1. The van der Waals surface area contributed by atoms with Gasteiger partial charge in [0.05, 0.1) is 17.6 Å². The Morgan fingerprint density at radius 1 is 1.44 bits per heavy atom. The lowest BCUT2D eigenvalue weighted by molar-refractivity contribution is -0.120. The van der Waals surface area contributed by atoms with Gasteiger partial charge in [0.1, 0.15) is 0 Å². The zero-order valence-electron chi connectivity index (χ0n) is 10.1. The quantitative estimate of drug-likeness (QED) is 0.749. The lowest BCUT2D eigenvalue weighted by Gasteiger charge is -2.21. The molecule has 3 N–H and O–H groups in total. The van der Waals surface area contributed by atoms with Crippen molar-refractivity contribution < 1.29 is 4.79 Å². The molecule has 1 amide bonds. The van der Waals surface area contributed by atoms with Crippen LogP contribution in [0.2, 0.25) is 0 Å². The predicted octanol–water partition coefficient (Wildman–Crippen LogP) is 1.50. The van der Waals surface area contributed by atoms with Crippen molar-refractivity contribution in [2.45, 2.75) is 12.8 Å². The maximum atomic E-state index is 12.1. The summed E-state index contributed by atoms with van der Waals surface area (Å²) in [5, 5.41) is 14.1. The largest absolute Gasteiger partial charge is 0.326 e. The van der Waals surface area contributed by atoms with Crippen molar-refractivity contribution >= 4 is 22.5 Å². The molecule has 3 rings (SSSR count). The molecule has 1 unspecified atom stereocenters. The van der Waals surface area contributed by atoms with Gasteiger partial charge in [-0.1, -0.05) is 0 Å². The standard InChI is InChI=1S/C13H16N4O/c18-13(9-2-1-5-14-7-9)16-11-3-4-12-10(6-11)8-15-17-12/h3-4,6,8-9,14H,1-2,5,7H2,(H,15,17)(H,16,18). The third-order valence-electron chi connectivity index (χ3n) is 3.38. The lowest BCUT2D eigenvalue weighted by atomic mass is 9.99. The summed E-state index contributed by atoms with van der Waals surface area (Å²) in [6.07, 6.45) is 3.79. The Hall–Kier alpha value is -1.88. The molecule has 18 heavy (non-hydrogen) atoms. The highest BCUT2D eigenvalue weighted by Gasteiger charge is 2.20. The normalized spacial score (nSPS) is 19.9. The molecule has 1 aromatic heterocycles. The van der Waals surface area contributed by atoms with Crippen molar-refractivity contribution in [3.8, 4) is 0 Å². The number of nitrogens with zero attached hydrogens (tertiary/aromatic N) is 1. The van der Waals surface area contributed by atoms with Gasteiger partial charge in [-0.2, -0.15) is 5.10 Å². The molecule has 0 bridgehead atoms. The van der Waals surface area contributed by atoms with Crippen LogP contribution in [0.1, 0.15) is 12.8 Å². The molecule has 0 spiro atoms. The first-order valence-corrected chi connectivity index (χ1v) is 6.27. The Kier molecular flexibility index (Phi) is 2.98. The Morgan fingerprint density at radius 2 is 2.39 bits per heavy atom. The van der Waals surface area contributed by atoms with Crippen molar-refractivity contribution in [3.63, 3.8) is 0 Å². The molecule has 94 valence electrons. The summed E-state index contributed by atoms with van der Waals surface area (Å²) in [7, 11) is 0. The van der Waals surface area contributed by atoms with Gasteiger partial charge in [-0.05, 0) is 37.6 Å². The monoisotopic (exact) mass is 244 g/mol. The van der Waals surface area contributed by atoms with Gasteiger partial charge >= 0.3 is 0 Å². The van der Waals surface area contributed by atoms with Gasteiger partial charge in [0.2, 0.25) is 5.91 Å². The summed E-state index contributed by atoms with van der Waals surface area (Å²) in [5.74, 6) is 0.184. The number of benzene rings is 1. The summed E-state index contributed by atoms with van der Waals surface area (Å²) < 4.78 is 0. The second kappa shape index (κ2) is 4.78. The minimum absolute atomic E-state index is 0.0822. The van der Waals surface area contributed by atoms with Crippen LogP contribution in [0.15, 0.2) is 24.4 Å². The first-order valence-electron chi connectivity index (χ1n) is 6.27. The van der Waals surface area contributed by atoms with E-state index in [0.717, 1.165) is 42.5 Å². The molecule has 2 heterocycles. The average molecular weight is 244 g/mol. The van der Waals surface area contributed by atoms with E-state index in [2.05, 4.69) is 20.8 Å². The van der Waals surface area contributed by atoms with Gasteiger partial charge in [-0.15, -0.1) is 0 Å². The summed E-state index contributed by atoms with van der Waals surface area (Å²) in [6, 6.07) is 5.76. The minimum atomic E-state index is 0.0822. The zero-order chi connectivity index (χ0) is 12.4. The number of piperidine rings is 1. The minimum Gasteiger partial charge on any atom is -0.326 e. The Morgan fingerprint density at radius 3 is 3.22 bits per heavy atom. The SMILES string of the molecule is O=C(Nc1ccc2[nH]ncc2c1)C1CCCNC1. The fourth-order valence-electron chi connectivity index (χ4n) is 2.34. The number of hydrogen-bond donors (Lipinski definition) is 3. The maximum absolute atomic E-state index is 12.1. The Bertz CT molecular complexity index is 557. The number of amides is 1. The number of aromatic amines is 1. The summed E-state index contributed by atoms with van der Waals surface area (Å²) >= 11 is 0. The van der Waals surface area contributed by atoms with Gasteiger partial charge in [0.25, 0.3) is 0 Å². The van der Waals surface area contributed by atoms with Gasteiger partial charge in [-0.25, -0.2) is 0 Å². The molecule has 1 atom stereocenters.